The molecular formula is C27H31Cl2N3O4. The molecule has 0 aliphatic carbocycles. The van der Waals surface area contributed by atoms with Gasteiger partial charge in [0, 0.05) is 44.3 Å². The molecule has 1 amide bonds. The summed E-state index contributed by atoms with van der Waals surface area (Å²) in [6.07, 6.45) is 1.80. The molecule has 0 radical (unpaired) electrons. The van der Waals surface area contributed by atoms with E-state index in [1.807, 2.05) is 19.9 Å². The monoisotopic (exact) mass is 531 g/mol. The number of carbonyl (C=O) groups is 2. The van der Waals surface area contributed by atoms with Gasteiger partial charge in [0.1, 0.15) is 23.7 Å². The Morgan fingerprint density at radius 2 is 1.89 bits per heavy atom. The average Bonchev–Trinajstić information content (AvgIpc) is 3.21. The molecule has 2 heterocycles. The number of nitrogens with zero attached hydrogens (tertiary/aromatic N) is 1. The number of rotatable bonds is 9. The van der Waals surface area contributed by atoms with E-state index >= 15 is 0 Å². The van der Waals surface area contributed by atoms with E-state index < -0.39 is 0 Å². The molecule has 0 atom stereocenters. The molecule has 2 aromatic carbocycles. The van der Waals surface area contributed by atoms with E-state index in [9.17, 15) is 9.59 Å². The van der Waals surface area contributed by atoms with Gasteiger partial charge >= 0.3 is 0 Å². The zero-order chi connectivity index (χ0) is 25.7. The minimum Gasteiger partial charge on any atom is -0.491 e. The summed E-state index contributed by atoms with van der Waals surface area (Å²) in [5.74, 6) is 1.25. The zero-order valence-electron chi connectivity index (χ0n) is 20.5. The Morgan fingerprint density at radius 1 is 1.11 bits per heavy atom. The van der Waals surface area contributed by atoms with Gasteiger partial charge in [0.15, 0.2) is 5.76 Å². The zero-order valence-corrected chi connectivity index (χ0v) is 22.0. The molecule has 2 aliphatic heterocycles. The number of carbonyl (C=O) groups excluding carboxylic acids is 2. The second kappa shape index (κ2) is 12.1. The molecule has 0 bridgehead atoms. The van der Waals surface area contributed by atoms with Crippen molar-refractivity contribution in [3.05, 3.63) is 68.9 Å². The Bertz CT molecular complexity index is 1160. The molecule has 0 aromatic heterocycles. The number of piperidine rings is 1. The van der Waals surface area contributed by atoms with Gasteiger partial charge in [0.25, 0.3) is 5.91 Å². The van der Waals surface area contributed by atoms with Crippen molar-refractivity contribution in [1.29, 1.82) is 0 Å². The van der Waals surface area contributed by atoms with Crippen LogP contribution in [-0.4, -0.2) is 62.0 Å². The number of hydrogen-bond acceptors (Lipinski definition) is 6. The van der Waals surface area contributed by atoms with Crippen LogP contribution in [0.4, 0.5) is 0 Å². The lowest BCUT2D eigenvalue weighted by Crippen LogP contribution is -2.46. The second-order valence-corrected chi connectivity index (χ2v) is 10.0. The number of benzene rings is 2. The smallest absolute Gasteiger partial charge is 0.251 e. The van der Waals surface area contributed by atoms with Gasteiger partial charge in [-0.1, -0.05) is 29.3 Å². The number of nitrogens with one attached hydrogen (secondary N) is 2. The van der Waals surface area contributed by atoms with Crippen LogP contribution in [0.1, 0.15) is 47.4 Å². The van der Waals surface area contributed by atoms with E-state index in [1.165, 1.54) is 0 Å². The molecule has 4 rings (SSSR count). The van der Waals surface area contributed by atoms with Gasteiger partial charge in [0.05, 0.1) is 10.0 Å². The summed E-state index contributed by atoms with van der Waals surface area (Å²) in [7, 11) is 0. The average molecular weight is 532 g/mol. The van der Waals surface area contributed by atoms with Crippen LogP contribution in [0.3, 0.4) is 0 Å². The van der Waals surface area contributed by atoms with Crippen LogP contribution in [0.25, 0.3) is 0 Å². The van der Waals surface area contributed by atoms with Crippen molar-refractivity contribution < 1.29 is 19.1 Å². The van der Waals surface area contributed by atoms with Crippen LogP contribution >= 0.6 is 23.2 Å². The van der Waals surface area contributed by atoms with Crippen molar-refractivity contribution in [2.45, 2.75) is 32.7 Å². The highest BCUT2D eigenvalue weighted by molar-refractivity contribution is 6.42. The Balaban J connectivity index is 1.12. The summed E-state index contributed by atoms with van der Waals surface area (Å²) in [6.45, 7) is 8.46. The highest BCUT2D eigenvalue weighted by Crippen LogP contribution is 2.38. The number of hydrogen-bond donors (Lipinski definition) is 2. The maximum Gasteiger partial charge on any atom is 0.251 e. The maximum absolute atomic E-state index is 12.6. The number of fused-ring (bicyclic) bond motifs is 1. The number of halogens is 2. The third-order valence-electron chi connectivity index (χ3n) is 6.33. The van der Waals surface area contributed by atoms with Crippen LogP contribution in [-0.2, 0) is 0 Å². The van der Waals surface area contributed by atoms with Gasteiger partial charge in [-0.05, 0) is 62.6 Å². The van der Waals surface area contributed by atoms with Crippen molar-refractivity contribution in [3.63, 3.8) is 0 Å². The van der Waals surface area contributed by atoms with Crippen molar-refractivity contribution in [1.82, 2.24) is 15.5 Å². The fourth-order valence-corrected chi connectivity index (χ4v) is 4.64. The van der Waals surface area contributed by atoms with E-state index in [-0.39, 0.29) is 17.7 Å². The van der Waals surface area contributed by atoms with Gasteiger partial charge < -0.3 is 25.0 Å². The molecule has 7 nitrogen and oxygen atoms in total. The molecule has 9 heteroatoms. The molecule has 0 saturated carbocycles. The van der Waals surface area contributed by atoms with Crippen LogP contribution in [0, 0.1) is 0 Å². The fourth-order valence-electron chi connectivity index (χ4n) is 4.34. The number of ketones is 1. The lowest BCUT2D eigenvalue weighted by molar-refractivity contribution is 0.0911. The summed E-state index contributed by atoms with van der Waals surface area (Å²) < 4.78 is 11.6. The van der Waals surface area contributed by atoms with Gasteiger partial charge in [-0.25, -0.2) is 0 Å². The topological polar surface area (TPSA) is 79.9 Å². The molecule has 0 spiro atoms. The lowest BCUT2D eigenvalue weighted by Gasteiger charge is -2.32. The van der Waals surface area contributed by atoms with E-state index in [1.54, 1.807) is 30.3 Å². The van der Waals surface area contributed by atoms with E-state index in [4.69, 9.17) is 32.7 Å². The van der Waals surface area contributed by atoms with Crippen molar-refractivity contribution in [2.75, 3.05) is 39.3 Å². The fraction of sp³-hybridized carbons (Fsp3) is 0.407. The summed E-state index contributed by atoms with van der Waals surface area (Å²) in [5, 5.41) is 7.31. The highest BCUT2D eigenvalue weighted by atomic mass is 35.5. The van der Waals surface area contributed by atoms with Crippen LogP contribution in [0.2, 0.25) is 10.0 Å². The number of amides is 1. The first-order chi connectivity index (χ1) is 17.3. The second-order valence-electron chi connectivity index (χ2n) is 9.21. The van der Waals surface area contributed by atoms with Gasteiger partial charge in [0.2, 0.25) is 5.78 Å². The molecule has 2 aliphatic rings. The SMILES string of the molecule is CC(C)=C1Oc2cccc(OCCNCCN3CCC(NC(=O)c4ccc(Cl)c(Cl)c4)CC3)c2C1=O. The Labute approximate surface area is 221 Å². The molecular weight excluding hydrogens is 501 g/mol. The molecule has 36 heavy (non-hydrogen) atoms. The normalized spacial score (nSPS) is 16.0. The molecule has 192 valence electrons. The van der Waals surface area contributed by atoms with Crippen LogP contribution in [0.5, 0.6) is 11.5 Å². The standard InChI is InChI=1S/C27H31Cl2N3O4/c1-17(2)26-25(33)24-22(4-3-5-23(24)36-26)35-15-11-30-10-14-32-12-8-19(9-13-32)31-27(34)18-6-7-20(28)21(29)16-18/h3-7,16,19,30H,8-15H2,1-2H3,(H,31,34). The quantitative estimate of drug-likeness (QED) is 0.359. The van der Waals surface area contributed by atoms with Gasteiger partial charge in [-0.2, -0.15) is 0 Å². The van der Waals surface area contributed by atoms with Crippen molar-refractivity contribution in [2.24, 2.45) is 0 Å². The Morgan fingerprint density at radius 3 is 2.61 bits per heavy atom. The predicted octanol–water partition coefficient (Wildman–Crippen LogP) is 4.73. The molecule has 2 aromatic rings. The first kappa shape index (κ1) is 26.5. The van der Waals surface area contributed by atoms with E-state index in [0.717, 1.165) is 44.6 Å². The first-order valence-electron chi connectivity index (χ1n) is 12.2. The molecule has 0 unspecified atom stereocenters. The van der Waals surface area contributed by atoms with Crippen LogP contribution in [0.15, 0.2) is 47.7 Å². The minimum atomic E-state index is -0.122. The summed E-state index contributed by atoms with van der Waals surface area (Å²) in [6, 6.07) is 10.5. The molecule has 2 N–H and O–H groups in total. The van der Waals surface area contributed by atoms with Gasteiger partial charge in [-0.15, -0.1) is 0 Å². The number of Topliss-reactive ketones (excluding diaryl/α,β-unsaturated/α-hetero) is 1. The predicted molar refractivity (Wildman–Crippen MR) is 142 cm³/mol. The summed E-state index contributed by atoms with van der Waals surface area (Å²) in [4.78, 5) is 27.5. The minimum absolute atomic E-state index is 0.120. The number of likely N-dealkylation sites (tertiary alicyclic amines) is 1. The summed E-state index contributed by atoms with van der Waals surface area (Å²) in [5.41, 5.74) is 1.87. The first-order valence-corrected chi connectivity index (χ1v) is 12.9. The van der Waals surface area contributed by atoms with Crippen molar-refractivity contribution in [3.8, 4) is 11.5 Å². The number of allylic oxidation sites excluding steroid dienone is 2. The maximum atomic E-state index is 12.6. The number of ether oxygens (including phenoxy) is 2. The van der Waals surface area contributed by atoms with Gasteiger partial charge in [-0.3, -0.25) is 9.59 Å². The Hall–Kier alpha value is -2.58. The summed E-state index contributed by atoms with van der Waals surface area (Å²) >= 11 is 12.0. The van der Waals surface area contributed by atoms with Crippen molar-refractivity contribution >= 4 is 34.9 Å². The third kappa shape index (κ3) is 6.40. The molecule has 1 saturated heterocycles. The Kier molecular flexibility index (Phi) is 8.90. The van der Waals surface area contributed by atoms with Crippen LogP contribution < -0.4 is 20.1 Å². The van der Waals surface area contributed by atoms with E-state index in [2.05, 4.69) is 15.5 Å². The lowest BCUT2D eigenvalue weighted by atomic mass is 10.0. The van der Waals surface area contributed by atoms with E-state index in [0.29, 0.717) is 51.6 Å². The highest BCUT2D eigenvalue weighted by Gasteiger charge is 2.31. The largest absolute Gasteiger partial charge is 0.491 e. The third-order valence-corrected chi connectivity index (χ3v) is 7.07. The molecule has 1 fully saturated rings.